The van der Waals surface area contributed by atoms with Crippen LogP contribution in [0, 0.1) is 0 Å². The van der Waals surface area contributed by atoms with Crippen molar-refractivity contribution in [1.29, 1.82) is 0 Å². The average molecular weight is 251 g/mol. The van der Waals surface area contributed by atoms with E-state index >= 15 is 0 Å². The van der Waals surface area contributed by atoms with Crippen LogP contribution >= 0.6 is 0 Å². The molecular weight excluding hydrogens is 226 g/mol. The van der Waals surface area contributed by atoms with Crippen molar-refractivity contribution in [3.63, 3.8) is 0 Å². The Morgan fingerprint density at radius 3 is 2.39 bits per heavy atom. The second-order valence-electron chi connectivity index (χ2n) is 5.30. The Labute approximate surface area is 110 Å². The minimum atomic E-state index is 0.191. The van der Waals surface area contributed by atoms with Gasteiger partial charge in [-0.2, -0.15) is 0 Å². The summed E-state index contributed by atoms with van der Waals surface area (Å²) in [6, 6.07) is 9.81. The van der Waals surface area contributed by atoms with Crippen LogP contribution in [0.5, 0.6) is 5.75 Å². The zero-order chi connectivity index (χ0) is 13.3. The quantitative estimate of drug-likeness (QED) is 0.721. The fourth-order valence-corrected chi connectivity index (χ4v) is 1.47. The van der Waals surface area contributed by atoms with Crippen LogP contribution in [0.2, 0.25) is 0 Å². The molecule has 0 aliphatic rings. The number of hydrogen-bond donors (Lipinski definition) is 1. The molecule has 0 amide bonds. The van der Waals surface area contributed by atoms with E-state index in [2.05, 4.69) is 26.1 Å². The lowest BCUT2D eigenvalue weighted by atomic mass is 10.1. The largest absolute Gasteiger partial charge is 0.491 e. The monoisotopic (exact) mass is 251 g/mol. The summed E-state index contributed by atoms with van der Waals surface area (Å²) in [5.41, 5.74) is 0.191. The molecule has 0 spiro atoms. The Bertz CT molecular complexity index is 306. The molecule has 0 heterocycles. The van der Waals surface area contributed by atoms with Crippen LogP contribution in [-0.4, -0.2) is 31.9 Å². The molecule has 0 aromatic heterocycles. The third-order valence-electron chi connectivity index (χ3n) is 2.36. The number of rotatable bonds is 8. The average Bonchev–Trinajstić information content (AvgIpc) is 2.32. The van der Waals surface area contributed by atoms with Crippen molar-refractivity contribution in [2.45, 2.75) is 32.7 Å². The summed E-state index contributed by atoms with van der Waals surface area (Å²) < 4.78 is 11.0. The first-order chi connectivity index (χ1) is 8.58. The van der Waals surface area contributed by atoms with Crippen LogP contribution < -0.4 is 10.1 Å². The Kier molecular flexibility index (Phi) is 6.76. The molecule has 0 radical (unpaired) electrons. The van der Waals surface area contributed by atoms with E-state index in [4.69, 9.17) is 9.47 Å². The summed E-state index contributed by atoms with van der Waals surface area (Å²) in [6.07, 6.45) is 1.03. The van der Waals surface area contributed by atoms with Gasteiger partial charge in [0.1, 0.15) is 12.4 Å². The van der Waals surface area contributed by atoms with Gasteiger partial charge in [-0.05, 0) is 45.9 Å². The second-order valence-corrected chi connectivity index (χ2v) is 5.30. The third kappa shape index (κ3) is 8.09. The fraction of sp³-hybridized carbons (Fsp3) is 0.600. The highest BCUT2D eigenvalue weighted by atomic mass is 16.5. The molecular formula is C15H25NO2. The predicted octanol–water partition coefficient (Wildman–Crippen LogP) is 2.86. The van der Waals surface area contributed by atoms with Gasteiger partial charge in [-0.1, -0.05) is 18.2 Å². The van der Waals surface area contributed by atoms with E-state index in [1.807, 2.05) is 30.3 Å². The molecule has 0 aliphatic carbocycles. The minimum Gasteiger partial charge on any atom is -0.491 e. The van der Waals surface area contributed by atoms with Gasteiger partial charge >= 0.3 is 0 Å². The van der Waals surface area contributed by atoms with Gasteiger partial charge in [0.2, 0.25) is 0 Å². The molecule has 0 atom stereocenters. The van der Waals surface area contributed by atoms with E-state index in [1.165, 1.54) is 0 Å². The summed E-state index contributed by atoms with van der Waals surface area (Å²) >= 11 is 0. The van der Waals surface area contributed by atoms with Gasteiger partial charge in [-0.15, -0.1) is 0 Å². The molecule has 0 saturated heterocycles. The van der Waals surface area contributed by atoms with Crippen molar-refractivity contribution < 1.29 is 9.47 Å². The van der Waals surface area contributed by atoms with E-state index in [9.17, 15) is 0 Å². The zero-order valence-electron chi connectivity index (χ0n) is 11.7. The van der Waals surface area contributed by atoms with Crippen LogP contribution in [0.15, 0.2) is 30.3 Å². The molecule has 1 aromatic carbocycles. The zero-order valence-corrected chi connectivity index (χ0v) is 11.7. The number of benzene rings is 1. The van der Waals surface area contributed by atoms with Crippen LogP contribution in [0.25, 0.3) is 0 Å². The van der Waals surface area contributed by atoms with E-state index < -0.39 is 0 Å². The van der Waals surface area contributed by atoms with Gasteiger partial charge in [0, 0.05) is 12.1 Å². The van der Waals surface area contributed by atoms with Crippen LogP contribution in [0.1, 0.15) is 27.2 Å². The summed E-state index contributed by atoms with van der Waals surface area (Å²) in [4.78, 5) is 0. The maximum Gasteiger partial charge on any atom is 0.119 e. The number of para-hydroxylation sites is 1. The molecule has 3 heteroatoms. The van der Waals surface area contributed by atoms with Gasteiger partial charge in [0.25, 0.3) is 0 Å². The molecule has 0 aliphatic heterocycles. The molecule has 1 N–H and O–H groups in total. The van der Waals surface area contributed by atoms with E-state index in [0.717, 1.165) is 25.3 Å². The summed E-state index contributed by atoms with van der Waals surface area (Å²) in [5, 5.41) is 3.43. The maximum absolute atomic E-state index is 5.53. The van der Waals surface area contributed by atoms with Crippen molar-refractivity contribution >= 4 is 0 Å². The molecule has 1 aromatic rings. The topological polar surface area (TPSA) is 30.5 Å². The molecule has 0 fully saturated rings. The van der Waals surface area contributed by atoms with Crippen LogP contribution in [0.3, 0.4) is 0 Å². The Morgan fingerprint density at radius 1 is 1.00 bits per heavy atom. The van der Waals surface area contributed by atoms with Crippen molar-refractivity contribution in [3.05, 3.63) is 30.3 Å². The summed E-state index contributed by atoms with van der Waals surface area (Å²) in [7, 11) is 0. The first kappa shape index (κ1) is 15.0. The Balaban J connectivity index is 1.90. The number of ether oxygens (including phenoxy) is 2. The first-order valence-corrected chi connectivity index (χ1v) is 6.58. The Hall–Kier alpha value is -1.06. The maximum atomic E-state index is 5.53. The van der Waals surface area contributed by atoms with Gasteiger partial charge < -0.3 is 14.8 Å². The smallest absolute Gasteiger partial charge is 0.119 e. The highest BCUT2D eigenvalue weighted by molar-refractivity contribution is 5.20. The van der Waals surface area contributed by atoms with Crippen molar-refractivity contribution in [3.8, 4) is 5.75 Å². The third-order valence-corrected chi connectivity index (χ3v) is 2.36. The standard InChI is InChI=1S/C15H25NO2/c1-15(2,3)16-10-7-11-17-12-13-18-14-8-5-4-6-9-14/h4-6,8-9,16H,7,10-13H2,1-3H3. The fourth-order valence-electron chi connectivity index (χ4n) is 1.47. The predicted molar refractivity (Wildman–Crippen MR) is 75.1 cm³/mol. The molecule has 0 saturated carbocycles. The van der Waals surface area contributed by atoms with Crippen molar-refractivity contribution in [2.75, 3.05) is 26.4 Å². The van der Waals surface area contributed by atoms with Crippen LogP contribution in [-0.2, 0) is 4.74 Å². The second kappa shape index (κ2) is 8.11. The lowest BCUT2D eigenvalue weighted by Gasteiger charge is -2.20. The van der Waals surface area contributed by atoms with Crippen LogP contribution in [0.4, 0.5) is 0 Å². The van der Waals surface area contributed by atoms with Gasteiger partial charge in [0.15, 0.2) is 0 Å². The Morgan fingerprint density at radius 2 is 1.72 bits per heavy atom. The highest BCUT2D eigenvalue weighted by Gasteiger charge is 2.06. The van der Waals surface area contributed by atoms with E-state index in [1.54, 1.807) is 0 Å². The van der Waals surface area contributed by atoms with Gasteiger partial charge in [-0.3, -0.25) is 0 Å². The SMILES string of the molecule is CC(C)(C)NCCCOCCOc1ccccc1. The molecule has 3 nitrogen and oxygen atoms in total. The summed E-state index contributed by atoms with van der Waals surface area (Å²) in [5.74, 6) is 0.899. The number of hydrogen-bond acceptors (Lipinski definition) is 3. The summed E-state index contributed by atoms with van der Waals surface area (Å²) in [6.45, 7) is 9.52. The highest BCUT2D eigenvalue weighted by Crippen LogP contribution is 2.07. The van der Waals surface area contributed by atoms with Gasteiger partial charge in [0.05, 0.1) is 6.61 Å². The molecule has 102 valence electrons. The molecule has 18 heavy (non-hydrogen) atoms. The van der Waals surface area contributed by atoms with Crippen molar-refractivity contribution in [2.24, 2.45) is 0 Å². The van der Waals surface area contributed by atoms with E-state index in [-0.39, 0.29) is 5.54 Å². The molecule has 0 bridgehead atoms. The lowest BCUT2D eigenvalue weighted by molar-refractivity contribution is 0.0975. The number of nitrogens with one attached hydrogen (secondary N) is 1. The molecule has 1 rings (SSSR count). The first-order valence-electron chi connectivity index (χ1n) is 6.58. The van der Waals surface area contributed by atoms with E-state index in [0.29, 0.717) is 13.2 Å². The molecule has 0 unspecified atom stereocenters. The normalized spacial score (nSPS) is 11.5. The van der Waals surface area contributed by atoms with Gasteiger partial charge in [-0.25, -0.2) is 0 Å². The minimum absolute atomic E-state index is 0.191. The lowest BCUT2D eigenvalue weighted by Crippen LogP contribution is -2.36. The van der Waals surface area contributed by atoms with Crippen molar-refractivity contribution in [1.82, 2.24) is 5.32 Å².